The van der Waals surface area contributed by atoms with Crippen molar-refractivity contribution in [2.24, 2.45) is 17.3 Å². The van der Waals surface area contributed by atoms with Crippen molar-refractivity contribution in [3.05, 3.63) is 47.0 Å². The molecular formula is C22H22O7. The van der Waals surface area contributed by atoms with Crippen molar-refractivity contribution in [2.75, 3.05) is 6.61 Å². The minimum Gasteiger partial charge on any atom is -0.472 e. The maximum Gasteiger partial charge on any atom is 0.334 e. The van der Waals surface area contributed by atoms with E-state index in [2.05, 4.69) is 0 Å². The molecule has 2 aliphatic heterocycles. The molecule has 4 aliphatic rings. The summed E-state index contributed by atoms with van der Waals surface area (Å²) in [5.74, 6) is -1.75. The summed E-state index contributed by atoms with van der Waals surface area (Å²) >= 11 is 0. The third kappa shape index (κ3) is 2.46. The molecule has 152 valence electrons. The van der Waals surface area contributed by atoms with E-state index in [4.69, 9.17) is 18.6 Å². The minimum atomic E-state index is -0.760. The first-order valence-corrected chi connectivity index (χ1v) is 9.91. The zero-order valence-corrected chi connectivity index (χ0v) is 16.3. The highest BCUT2D eigenvalue weighted by atomic mass is 16.6. The Kier molecular flexibility index (Phi) is 3.98. The largest absolute Gasteiger partial charge is 0.472 e. The van der Waals surface area contributed by atoms with E-state index in [9.17, 15) is 14.4 Å². The molecule has 0 aromatic carbocycles. The van der Waals surface area contributed by atoms with Crippen molar-refractivity contribution in [1.82, 2.24) is 0 Å². The molecule has 0 radical (unpaired) electrons. The van der Waals surface area contributed by atoms with Crippen LogP contribution >= 0.6 is 0 Å². The molecule has 1 spiro atoms. The van der Waals surface area contributed by atoms with Gasteiger partial charge < -0.3 is 18.6 Å². The monoisotopic (exact) mass is 398 g/mol. The second-order valence-electron chi connectivity index (χ2n) is 8.26. The topological polar surface area (TPSA) is 92.0 Å². The number of furan rings is 1. The van der Waals surface area contributed by atoms with Crippen LogP contribution in [0.3, 0.4) is 0 Å². The smallest absolute Gasteiger partial charge is 0.334 e. The van der Waals surface area contributed by atoms with E-state index in [-0.39, 0.29) is 30.9 Å². The number of hydrogen-bond donors (Lipinski definition) is 0. The first-order valence-electron chi connectivity index (χ1n) is 9.91. The Morgan fingerprint density at radius 2 is 2.14 bits per heavy atom. The highest BCUT2D eigenvalue weighted by molar-refractivity contribution is 5.93. The number of esters is 3. The third-order valence-corrected chi connectivity index (χ3v) is 6.92. The predicted octanol–water partition coefficient (Wildman–Crippen LogP) is 3.03. The van der Waals surface area contributed by atoms with E-state index in [1.807, 2.05) is 13.0 Å². The summed E-state index contributed by atoms with van der Waals surface area (Å²) in [7, 11) is 0. The molecule has 0 bridgehead atoms. The Hall–Kier alpha value is -2.83. The highest BCUT2D eigenvalue weighted by Crippen LogP contribution is 2.59. The average Bonchev–Trinajstić information content (AvgIpc) is 3.38. The fourth-order valence-corrected chi connectivity index (χ4v) is 5.76. The molecule has 1 aromatic rings. The van der Waals surface area contributed by atoms with Gasteiger partial charge >= 0.3 is 17.9 Å². The molecule has 1 aromatic heterocycles. The van der Waals surface area contributed by atoms with E-state index < -0.39 is 29.5 Å². The number of carbonyl (C=O) groups excluding carboxylic acids is 3. The number of rotatable bonds is 2. The van der Waals surface area contributed by atoms with Gasteiger partial charge in [-0.3, -0.25) is 9.59 Å². The van der Waals surface area contributed by atoms with Gasteiger partial charge in [0, 0.05) is 24.5 Å². The molecule has 2 aliphatic carbocycles. The van der Waals surface area contributed by atoms with E-state index in [0.717, 1.165) is 29.6 Å². The van der Waals surface area contributed by atoms with Crippen LogP contribution in [0.1, 0.15) is 44.8 Å². The van der Waals surface area contributed by atoms with Crippen LogP contribution in [-0.4, -0.2) is 30.6 Å². The second kappa shape index (κ2) is 6.34. The number of allylic oxidation sites excluding steroid dienone is 2. The Bertz CT molecular complexity index is 954. The van der Waals surface area contributed by atoms with Gasteiger partial charge in [0.1, 0.15) is 12.7 Å². The van der Waals surface area contributed by atoms with Crippen molar-refractivity contribution in [2.45, 2.75) is 45.3 Å². The number of ether oxygens (including phenoxy) is 3. The summed E-state index contributed by atoms with van der Waals surface area (Å²) in [6, 6.07) is 1.79. The maximum absolute atomic E-state index is 12.9. The van der Waals surface area contributed by atoms with Gasteiger partial charge in [-0.15, -0.1) is 0 Å². The van der Waals surface area contributed by atoms with Crippen LogP contribution in [0.15, 0.2) is 45.8 Å². The summed E-state index contributed by atoms with van der Waals surface area (Å²) in [6.07, 6.45) is 5.66. The van der Waals surface area contributed by atoms with Gasteiger partial charge in [-0.1, -0.05) is 11.6 Å². The fraction of sp³-hybridized carbons (Fsp3) is 0.500. The normalized spacial score (nSPS) is 35.7. The molecule has 7 nitrogen and oxygen atoms in total. The van der Waals surface area contributed by atoms with Crippen molar-refractivity contribution < 1.29 is 33.0 Å². The van der Waals surface area contributed by atoms with Crippen LogP contribution in [0.4, 0.5) is 0 Å². The Balaban J connectivity index is 1.70. The zero-order valence-electron chi connectivity index (χ0n) is 16.3. The fourth-order valence-electron chi connectivity index (χ4n) is 5.76. The van der Waals surface area contributed by atoms with E-state index in [1.165, 1.54) is 6.92 Å². The molecule has 29 heavy (non-hydrogen) atoms. The summed E-state index contributed by atoms with van der Waals surface area (Å²) in [4.78, 5) is 37.3. The molecule has 0 N–H and O–H groups in total. The lowest BCUT2D eigenvalue weighted by molar-refractivity contribution is -0.159. The standard InChI is InChI=1S/C22H22O7/c1-11-15-4-3-5-16-21(25)27-10-22(15,16)17(28-12(2)23)8-14-18(11)19(29-20(14)24)13-6-7-26-9-13/h5-7,9,14-15,17,19H,3-4,8,10H2,1-2H3/t14-,15-,17-,19+,22-/m1/s1. The summed E-state index contributed by atoms with van der Waals surface area (Å²) < 4.78 is 22.2. The Labute approximate surface area is 167 Å². The highest BCUT2D eigenvalue weighted by Gasteiger charge is 2.62. The number of carbonyl (C=O) groups is 3. The van der Waals surface area contributed by atoms with Crippen LogP contribution in [0, 0.1) is 17.3 Å². The lowest BCUT2D eigenvalue weighted by Gasteiger charge is -2.43. The van der Waals surface area contributed by atoms with Crippen LogP contribution < -0.4 is 0 Å². The molecule has 2 saturated heterocycles. The minimum absolute atomic E-state index is 0.0813. The van der Waals surface area contributed by atoms with Crippen molar-refractivity contribution >= 4 is 17.9 Å². The first kappa shape index (κ1) is 18.2. The Morgan fingerprint density at radius 1 is 1.31 bits per heavy atom. The van der Waals surface area contributed by atoms with Gasteiger partial charge in [0.2, 0.25) is 0 Å². The van der Waals surface area contributed by atoms with Gasteiger partial charge in [-0.25, -0.2) is 4.79 Å². The van der Waals surface area contributed by atoms with Gasteiger partial charge in [0.15, 0.2) is 6.10 Å². The summed E-state index contributed by atoms with van der Waals surface area (Å²) in [6.45, 7) is 3.51. The summed E-state index contributed by atoms with van der Waals surface area (Å²) in [5.41, 5.74) is 2.51. The third-order valence-electron chi connectivity index (χ3n) is 6.92. The first-order chi connectivity index (χ1) is 13.9. The maximum atomic E-state index is 12.9. The van der Waals surface area contributed by atoms with Gasteiger partial charge in [0.05, 0.1) is 23.9 Å². The molecule has 5 atom stereocenters. The lowest BCUT2D eigenvalue weighted by atomic mass is 9.61. The van der Waals surface area contributed by atoms with Gasteiger partial charge in [0.25, 0.3) is 0 Å². The van der Waals surface area contributed by atoms with Crippen LogP contribution in [0.2, 0.25) is 0 Å². The summed E-state index contributed by atoms with van der Waals surface area (Å²) in [5, 5.41) is 0. The van der Waals surface area contributed by atoms with Crippen molar-refractivity contribution in [3.63, 3.8) is 0 Å². The van der Waals surface area contributed by atoms with Crippen LogP contribution in [-0.2, 0) is 28.6 Å². The quantitative estimate of drug-likeness (QED) is 0.429. The van der Waals surface area contributed by atoms with Crippen molar-refractivity contribution in [1.29, 1.82) is 0 Å². The van der Waals surface area contributed by atoms with E-state index in [0.29, 0.717) is 5.57 Å². The molecule has 2 fully saturated rings. The van der Waals surface area contributed by atoms with Crippen LogP contribution in [0.25, 0.3) is 0 Å². The average molecular weight is 398 g/mol. The molecule has 0 unspecified atom stereocenters. The van der Waals surface area contributed by atoms with Gasteiger partial charge in [-0.2, -0.15) is 0 Å². The van der Waals surface area contributed by atoms with E-state index in [1.54, 1.807) is 18.6 Å². The number of fused-ring (bicyclic) bond motifs is 1. The van der Waals surface area contributed by atoms with Crippen LogP contribution in [0.5, 0.6) is 0 Å². The van der Waals surface area contributed by atoms with Crippen molar-refractivity contribution in [3.8, 4) is 0 Å². The predicted molar refractivity (Wildman–Crippen MR) is 98.1 cm³/mol. The molecular weight excluding hydrogens is 376 g/mol. The Morgan fingerprint density at radius 3 is 2.86 bits per heavy atom. The molecule has 5 rings (SSSR count). The number of hydrogen-bond acceptors (Lipinski definition) is 7. The lowest BCUT2D eigenvalue weighted by Crippen LogP contribution is -2.48. The zero-order chi connectivity index (χ0) is 20.3. The second-order valence-corrected chi connectivity index (χ2v) is 8.26. The SMILES string of the molecule is CC(=O)O[C@@H]1C[C@H]2C(=O)O[C@@H](c3ccoc3)C2=C(C)[C@H]2CCC=C3C(=O)OC[C@]321. The molecule has 0 saturated carbocycles. The van der Waals surface area contributed by atoms with E-state index >= 15 is 0 Å². The molecule has 7 heteroatoms. The molecule has 0 amide bonds. The van der Waals surface area contributed by atoms with Gasteiger partial charge in [-0.05, 0) is 37.3 Å². The molecule has 3 heterocycles. The number of cyclic esters (lactones) is 2.